The van der Waals surface area contributed by atoms with Gasteiger partial charge in [-0.05, 0) is 214 Å². The Morgan fingerprint density at radius 3 is 0.977 bits per heavy atom. The van der Waals surface area contributed by atoms with Crippen molar-refractivity contribution in [3.05, 3.63) is 243 Å². The van der Waals surface area contributed by atoms with Gasteiger partial charge in [-0.15, -0.1) is 0 Å². The zero-order chi connectivity index (χ0) is 57.7. The fourth-order valence-electron chi connectivity index (χ4n) is 18.8. The summed E-state index contributed by atoms with van der Waals surface area (Å²) in [6.07, 6.45) is 3.92. The third kappa shape index (κ3) is 5.07. The van der Waals surface area contributed by atoms with Crippen LogP contribution in [0.5, 0.6) is 11.5 Å². The largest absolute Gasteiger partial charge is 0.455 e. The number of ketones is 4. The first-order valence-electron chi connectivity index (χ1n) is 30.9. The predicted octanol–water partition coefficient (Wildman–Crippen LogP) is 17.9. The van der Waals surface area contributed by atoms with Crippen LogP contribution >= 0.6 is 0 Å². The van der Waals surface area contributed by atoms with Crippen molar-refractivity contribution < 1.29 is 23.9 Å². The van der Waals surface area contributed by atoms with Gasteiger partial charge in [0.25, 0.3) is 0 Å². The molecule has 12 aromatic carbocycles. The highest BCUT2D eigenvalue weighted by atomic mass is 16.5. The molecule has 0 aromatic heterocycles. The highest BCUT2D eigenvalue weighted by Gasteiger charge is 2.47. The molecule has 0 radical (unpaired) electrons. The van der Waals surface area contributed by atoms with Gasteiger partial charge < -0.3 is 4.74 Å². The Labute approximate surface area is 495 Å². The van der Waals surface area contributed by atoms with Crippen LogP contribution in [0.1, 0.15) is 208 Å². The van der Waals surface area contributed by atoms with Crippen molar-refractivity contribution in [2.75, 3.05) is 0 Å². The van der Waals surface area contributed by atoms with Crippen LogP contribution in [0.15, 0.2) is 109 Å². The molecule has 5 heteroatoms. The van der Waals surface area contributed by atoms with Gasteiger partial charge in [-0.3, -0.25) is 19.2 Å². The lowest BCUT2D eigenvalue weighted by Crippen LogP contribution is -2.27. The molecule has 0 saturated heterocycles. The minimum atomic E-state index is -0.555. The number of fused-ring (bicyclic) bond motifs is 10. The molecule has 0 bridgehead atoms. The van der Waals surface area contributed by atoms with E-state index in [0.717, 1.165) is 90.7 Å². The Balaban J connectivity index is 0.832. The van der Waals surface area contributed by atoms with E-state index in [0.29, 0.717) is 70.2 Å². The van der Waals surface area contributed by atoms with Gasteiger partial charge in [0.2, 0.25) is 0 Å². The first-order chi connectivity index (χ1) is 41.3. The fourth-order valence-corrected chi connectivity index (χ4v) is 18.8. The van der Waals surface area contributed by atoms with Crippen molar-refractivity contribution in [3.8, 4) is 33.8 Å². The number of hydrogen-bond donors (Lipinski definition) is 0. The normalized spacial score (nSPS) is 16.6. The predicted molar refractivity (Wildman–Crippen MR) is 342 cm³/mol. The molecule has 0 atom stereocenters. The minimum absolute atomic E-state index is 0.0424. The number of carbonyl (C=O) groups excluding carboxylic acids is 4. The van der Waals surface area contributed by atoms with Crippen molar-refractivity contribution in [2.24, 2.45) is 0 Å². The lowest BCUT2D eigenvalue weighted by atomic mass is 9.69. The maximum Gasteiger partial charge on any atom is 0.194 e. The maximum atomic E-state index is 15.3. The minimum Gasteiger partial charge on any atom is -0.455 e. The van der Waals surface area contributed by atoms with Crippen LogP contribution in [-0.2, 0) is 54.8 Å². The Morgan fingerprint density at radius 2 is 0.616 bits per heavy atom. The van der Waals surface area contributed by atoms with E-state index in [4.69, 9.17) is 4.74 Å². The number of benzene rings is 12. The van der Waals surface area contributed by atoms with E-state index in [-0.39, 0.29) is 34.0 Å². The maximum absolute atomic E-state index is 15.3. The van der Waals surface area contributed by atoms with E-state index in [1.54, 1.807) is 0 Å². The molecule has 1 heterocycles. The van der Waals surface area contributed by atoms with Gasteiger partial charge in [0, 0.05) is 85.0 Å². The SMILES string of the molecule is CC(C)(C)c1cc(-c2cc3c4c5c(ccc6c5c5c(c7c(c8c5c4c2C8)C(=O)c2ccccc2C7=O)C6)C3)c2c(c1)C(C)(C)c1cc(C(C)(C)C)cc(-c3cc4c5c6c(ccc7c6c6c(c8c(c9c6c5c3C9)C(=O)c3ccccc3C8=O)C7)C4)c1O2. The zero-order valence-electron chi connectivity index (χ0n) is 49.2. The molecule has 21 rings (SSSR count). The molecule has 0 unspecified atom stereocenters. The number of hydrogen-bond acceptors (Lipinski definition) is 5. The van der Waals surface area contributed by atoms with Crippen LogP contribution in [-0.4, -0.2) is 23.1 Å². The second-order valence-electron chi connectivity index (χ2n) is 29.3. The number of carbonyl (C=O) groups is 4. The van der Waals surface area contributed by atoms with Gasteiger partial charge in [0.05, 0.1) is 0 Å². The monoisotopic (exact) mass is 1110 g/mol. The third-order valence-electron chi connectivity index (χ3n) is 22.7. The lowest BCUT2D eigenvalue weighted by molar-refractivity contribution is 0.0978. The Morgan fingerprint density at radius 1 is 0.314 bits per heavy atom. The molecule has 0 spiro atoms. The first kappa shape index (κ1) is 47.0. The van der Waals surface area contributed by atoms with Gasteiger partial charge in [-0.1, -0.05) is 140 Å². The average molecular weight is 1110 g/mol. The van der Waals surface area contributed by atoms with Crippen LogP contribution in [0.25, 0.3) is 86.9 Å². The summed E-state index contributed by atoms with van der Waals surface area (Å²) in [5.74, 6) is 1.51. The second-order valence-corrected chi connectivity index (χ2v) is 29.3. The molecule has 12 aromatic rings. The van der Waals surface area contributed by atoms with Crippen molar-refractivity contribution in [1.29, 1.82) is 0 Å². The molecule has 9 aliphatic rings. The smallest absolute Gasteiger partial charge is 0.194 e. The average Bonchev–Trinajstić information content (AvgIpc) is 1.48. The van der Waals surface area contributed by atoms with Crippen molar-refractivity contribution >= 4 is 87.8 Å². The van der Waals surface area contributed by atoms with Gasteiger partial charge in [0.15, 0.2) is 23.1 Å². The molecule has 0 N–H and O–H groups in total. The molecule has 0 saturated carbocycles. The van der Waals surface area contributed by atoms with Crippen LogP contribution in [0.2, 0.25) is 0 Å². The fraction of sp³-hybridized carbons (Fsp3) is 0.210. The standard InChI is InChI=1S/C81H54O5/c1-79(2,3)39-27-49(45-25-37-21-33-17-19-35-23-51-65-59(35)57(33)61(37)63-47(45)31-53(67(63)65)71-69(51)73(82)41-13-9-11-15-43(41)75(71)84)77-55(29-39)81(7,8)56-30-40(80(4,5)6)28-50(78(56)86-77)46-26-38-22-34-18-20-36-24-52-66-60(36)58(34)62(38)64-48(46)32-54(68(64)66)72-70(52)74(83)42-14-10-12-16-44(42)76(72)85/h9-20,25-30H,21-24,31-32H2,1-8H3. The van der Waals surface area contributed by atoms with E-state index in [1.807, 2.05) is 48.5 Å². The summed E-state index contributed by atoms with van der Waals surface area (Å²) in [6.45, 7) is 18.6. The van der Waals surface area contributed by atoms with Crippen LogP contribution in [0.4, 0.5) is 0 Å². The Kier molecular flexibility index (Phi) is 7.82. The molecule has 8 aliphatic carbocycles. The lowest BCUT2D eigenvalue weighted by Gasteiger charge is -2.39. The molecule has 86 heavy (non-hydrogen) atoms. The molecule has 0 amide bonds. The van der Waals surface area contributed by atoms with Crippen molar-refractivity contribution in [3.63, 3.8) is 0 Å². The topological polar surface area (TPSA) is 77.5 Å². The van der Waals surface area contributed by atoms with E-state index in [1.165, 1.54) is 109 Å². The molecule has 1 aliphatic heterocycles. The summed E-state index contributed by atoms with van der Waals surface area (Å²) in [6, 6.07) is 38.7. The Hall–Kier alpha value is -9.32. The van der Waals surface area contributed by atoms with Crippen molar-refractivity contribution in [1.82, 2.24) is 0 Å². The summed E-state index contributed by atoms with van der Waals surface area (Å²) in [4.78, 5) is 60.6. The highest BCUT2D eigenvalue weighted by Crippen LogP contribution is 2.63. The summed E-state index contributed by atoms with van der Waals surface area (Å²) in [5.41, 5.74) is 26.6. The highest BCUT2D eigenvalue weighted by molar-refractivity contribution is 6.41. The quantitative estimate of drug-likeness (QED) is 0.161. The van der Waals surface area contributed by atoms with Gasteiger partial charge in [0.1, 0.15) is 11.5 Å². The van der Waals surface area contributed by atoms with Gasteiger partial charge >= 0.3 is 0 Å². The number of ether oxygens (including phenoxy) is 1. The summed E-state index contributed by atoms with van der Waals surface area (Å²) in [7, 11) is 0. The Bertz CT molecular complexity index is 5370. The van der Waals surface area contributed by atoms with E-state index in [9.17, 15) is 0 Å². The molecule has 5 nitrogen and oxygen atoms in total. The van der Waals surface area contributed by atoms with Crippen LogP contribution < -0.4 is 4.74 Å². The summed E-state index contributed by atoms with van der Waals surface area (Å²) in [5, 5.41) is 14.9. The van der Waals surface area contributed by atoms with E-state index >= 15 is 19.2 Å². The van der Waals surface area contributed by atoms with Crippen LogP contribution in [0, 0.1) is 0 Å². The van der Waals surface area contributed by atoms with Crippen molar-refractivity contribution in [2.45, 2.75) is 110 Å². The summed E-state index contributed by atoms with van der Waals surface area (Å²) < 4.78 is 8.05. The van der Waals surface area contributed by atoms with E-state index in [2.05, 4.69) is 116 Å². The van der Waals surface area contributed by atoms with Gasteiger partial charge in [-0.2, -0.15) is 0 Å². The third-order valence-corrected chi connectivity index (χ3v) is 22.7. The molecular formula is C81H54O5. The second kappa shape index (κ2) is 14.3. The molecule has 408 valence electrons. The number of rotatable bonds is 2. The summed E-state index contributed by atoms with van der Waals surface area (Å²) >= 11 is 0. The molecule has 0 fully saturated rings. The molecular weight excluding hydrogens is 1050 g/mol. The van der Waals surface area contributed by atoms with E-state index < -0.39 is 5.41 Å². The first-order valence-corrected chi connectivity index (χ1v) is 30.9. The zero-order valence-corrected chi connectivity index (χ0v) is 49.2. The van der Waals surface area contributed by atoms with Gasteiger partial charge in [-0.25, -0.2) is 0 Å². The van der Waals surface area contributed by atoms with Crippen LogP contribution in [0.3, 0.4) is 0 Å².